The smallest absolute Gasteiger partial charge is 0.0717 e. The number of aromatic nitrogens is 2. The number of nitrogens with zero attached hydrogens (tertiary/aromatic N) is 2. The summed E-state index contributed by atoms with van der Waals surface area (Å²) in [4.78, 5) is 10.3. The van der Waals surface area contributed by atoms with Crippen LogP contribution in [0.15, 0.2) is 133 Å². The summed E-state index contributed by atoms with van der Waals surface area (Å²) >= 11 is 0. The van der Waals surface area contributed by atoms with Crippen molar-refractivity contribution in [1.82, 2.24) is 9.97 Å². The second-order valence-corrected chi connectivity index (χ2v) is 9.72. The lowest BCUT2D eigenvalue weighted by molar-refractivity contribution is 1.28. The van der Waals surface area contributed by atoms with Crippen molar-refractivity contribution in [3.63, 3.8) is 0 Å². The molecule has 0 aliphatic rings. The van der Waals surface area contributed by atoms with Crippen LogP contribution in [0.1, 0.15) is 11.1 Å². The van der Waals surface area contributed by atoms with Gasteiger partial charge in [0.05, 0.1) is 22.8 Å². The fourth-order valence-electron chi connectivity index (χ4n) is 4.81. The number of hydrogen-bond acceptors (Lipinski definition) is 2. The third kappa shape index (κ3) is 5.02. The maximum atomic E-state index is 5.20. The quantitative estimate of drug-likeness (QED) is 0.241. The van der Waals surface area contributed by atoms with E-state index < -0.39 is 0 Å². The summed E-state index contributed by atoms with van der Waals surface area (Å²) in [5.41, 5.74) is 12.9. The fourth-order valence-corrected chi connectivity index (χ4v) is 4.81. The van der Waals surface area contributed by atoms with Crippen molar-refractivity contribution < 1.29 is 0 Å². The van der Waals surface area contributed by atoms with Gasteiger partial charge in [0.15, 0.2) is 0 Å². The zero-order valence-corrected chi connectivity index (χ0v) is 21.6. The van der Waals surface area contributed by atoms with Crippen molar-refractivity contribution in [2.24, 2.45) is 0 Å². The molecule has 6 rings (SSSR count). The summed E-state index contributed by atoms with van der Waals surface area (Å²) in [5.74, 6) is 0. The molecule has 0 saturated heterocycles. The van der Waals surface area contributed by atoms with E-state index >= 15 is 0 Å². The summed E-state index contributed by atoms with van der Waals surface area (Å²) in [6, 6.07) is 46.6. The molecule has 0 aliphatic carbocycles. The van der Waals surface area contributed by atoms with Gasteiger partial charge in [0.2, 0.25) is 0 Å². The molecule has 4 aromatic carbocycles. The maximum Gasteiger partial charge on any atom is 0.0717 e. The van der Waals surface area contributed by atoms with Gasteiger partial charge in [-0.15, -0.1) is 0 Å². The first-order valence-electron chi connectivity index (χ1n) is 12.9. The minimum absolute atomic E-state index is 0.928. The van der Waals surface area contributed by atoms with Crippen LogP contribution in [-0.4, -0.2) is 9.97 Å². The van der Waals surface area contributed by atoms with Gasteiger partial charge in [0.1, 0.15) is 0 Å². The van der Waals surface area contributed by atoms with Gasteiger partial charge >= 0.3 is 0 Å². The first-order valence-corrected chi connectivity index (χ1v) is 12.9. The molecule has 0 radical (unpaired) electrons. The van der Waals surface area contributed by atoms with Gasteiger partial charge in [-0.3, -0.25) is 0 Å². The van der Waals surface area contributed by atoms with Crippen LogP contribution in [0.3, 0.4) is 0 Å². The van der Waals surface area contributed by atoms with E-state index in [1.807, 2.05) is 12.1 Å². The molecule has 2 aromatic heterocycles. The Morgan fingerprint density at radius 3 is 1.24 bits per heavy atom. The van der Waals surface area contributed by atoms with Gasteiger partial charge in [-0.05, 0) is 55.3 Å². The van der Waals surface area contributed by atoms with Gasteiger partial charge in [0, 0.05) is 22.3 Å². The highest BCUT2D eigenvalue weighted by Gasteiger charge is 2.13. The summed E-state index contributed by atoms with van der Waals surface area (Å²) in [6.07, 6.45) is 0. The van der Waals surface area contributed by atoms with Crippen molar-refractivity contribution in [3.05, 3.63) is 145 Å². The van der Waals surface area contributed by atoms with Crippen molar-refractivity contribution in [2.45, 2.75) is 13.8 Å². The Labute approximate surface area is 224 Å². The zero-order valence-electron chi connectivity index (χ0n) is 21.6. The summed E-state index contributed by atoms with van der Waals surface area (Å²) in [7, 11) is 0. The standard InChI is InChI=1S/C36H28N2/c1-25-11-9-17-29(19-25)31-21-35(30-18-10-12-26(2)20-30)38-36(22-31)32-23-33(27-13-5-3-6-14-27)37-34(24-32)28-15-7-4-8-16-28/h3-24H,1-2H3. The van der Waals surface area contributed by atoms with E-state index in [-0.39, 0.29) is 0 Å². The van der Waals surface area contributed by atoms with Gasteiger partial charge in [0.25, 0.3) is 0 Å². The molecule has 0 bridgehead atoms. The monoisotopic (exact) mass is 488 g/mol. The van der Waals surface area contributed by atoms with E-state index in [1.165, 1.54) is 16.7 Å². The molecule has 182 valence electrons. The Balaban J connectivity index is 1.59. The van der Waals surface area contributed by atoms with Crippen molar-refractivity contribution in [1.29, 1.82) is 0 Å². The Hall–Kier alpha value is -4.82. The lowest BCUT2D eigenvalue weighted by atomic mass is 9.97. The van der Waals surface area contributed by atoms with E-state index in [2.05, 4.69) is 135 Å². The first kappa shape index (κ1) is 23.6. The molecule has 0 saturated carbocycles. The zero-order chi connectivity index (χ0) is 25.9. The summed E-state index contributed by atoms with van der Waals surface area (Å²) < 4.78 is 0. The maximum absolute atomic E-state index is 5.20. The van der Waals surface area contributed by atoms with Gasteiger partial charge in [-0.1, -0.05) is 114 Å². The molecular formula is C36H28N2. The average Bonchev–Trinajstić information content (AvgIpc) is 2.97. The molecule has 6 aromatic rings. The predicted octanol–water partition coefficient (Wildman–Crippen LogP) is 9.43. The number of aryl methyl sites for hydroxylation is 2. The Kier molecular flexibility index (Phi) is 6.37. The molecular weight excluding hydrogens is 460 g/mol. The summed E-state index contributed by atoms with van der Waals surface area (Å²) in [6.45, 7) is 4.25. The molecule has 0 aliphatic heterocycles. The van der Waals surface area contributed by atoms with Crippen LogP contribution in [0.5, 0.6) is 0 Å². The third-order valence-electron chi connectivity index (χ3n) is 6.75. The normalized spacial score (nSPS) is 10.9. The van der Waals surface area contributed by atoms with Crippen LogP contribution < -0.4 is 0 Å². The van der Waals surface area contributed by atoms with Crippen LogP contribution in [0.25, 0.3) is 56.2 Å². The fraction of sp³-hybridized carbons (Fsp3) is 0.0556. The number of benzene rings is 4. The number of hydrogen-bond donors (Lipinski definition) is 0. The molecule has 0 N–H and O–H groups in total. The van der Waals surface area contributed by atoms with Crippen LogP contribution in [0.2, 0.25) is 0 Å². The minimum Gasteiger partial charge on any atom is -0.248 e. The molecule has 0 unspecified atom stereocenters. The van der Waals surface area contributed by atoms with Crippen LogP contribution in [0, 0.1) is 13.8 Å². The lowest BCUT2D eigenvalue weighted by Crippen LogP contribution is -1.95. The molecule has 2 heterocycles. The SMILES string of the molecule is Cc1cccc(-c2cc(-c3cccc(C)c3)nc(-c3cc(-c4ccccc4)nc(-c4ccccc4)c3)c2)c1. The topological polar surface area (TPSA) is 25.8 Å². The van der Waals surface area contributed by atoms with Crippen molar-refractivity contribution in [3.8, 4) is 56.2 Å². The van der Waals surface area contributed by atoms with Gasteiger partial charge in [-0.25, -0.2) is 9.97 Å². The van der Waals surface area contributed by atoms with Crippen molar-refractivity contribution in [2.75, 3.05) is 0 Å². The van der Waals surface area contributed by atoms with Crippen LogP contribution >= 0.6 is 0 Å². The number of pyridine rings is 2. The van der Waals surface area contributed by atoms with Crippen molar-refractivity contribution >= 4 is 0 Å². The highest BCUT2D eigenvalue weighted by atomic mass is 14.7. The molecule has 0 amide bonds. The molecule has 38 heavy (non-hydrogen) atoms. The minimum atomic E-state index is 0.928. The highest BCUT2D eigenvalue weighted by molar-refractivity contribution is 5.80. The largest absolute Gasteiger partial charge is 0.248 e. The first-order chi connectivity index (χ1) is 18.6. The number of rotatable bonds is 5. The molecule has 2 nitrogen and oxygen atoms in total. The van der Waals surface area contributed by atoms with E-state index in [9.17, 15) is 0 Å². The second-order valence-electron chi connectivity index (χ2n) is 9.72. The Morgan fingerprint density at radius 2 is 0.711 bits per heavy atom. The molecule has 0 atom stereocenters. The average molecular weight is 489 g/mol. The van der Waals surface area contributed by atoms with E-state index in [0.717, 1.165) is 50.6 Å². The Bertz CT molecular complexity index is 1600. The molecule has 0 fully saturated rings. The highest BCUT2D eigenvalue weighted by Crippen LogP contribution is 2.34. The van der Waals surface area contributed by atoms with Gasteiger partial charge in [-0.2, -0.15) is 0 Å². The van der Waals surface area contributed by atoms with E-state index in [4.69, 9.17) is 9.97 Å². The summed E-state index contributed by atoms with van der Waals surface area (Å²) in [5, 5.41) is 0. The molecule has 0 spiro atoms. The lowest BCUT2D eigenvalue weighted by Gasteiger charge is -2.13. The van der Waals surface area contributed by atoms with E-state index in [0.29, 0.717) is 0 Å². The van der Waals surface area contributed by atoms with Crippen LogP contribution in [0.4, 0.5) is 0 Å². The second kappa shape index (κ2) is 10.3. The third-order valence-corrected chi connectivity index (χ3v) is 6.75. The predicted molar refractivity (Wildman–Crippen MR) is 159 cm³/mol. The van der Waals surface area contributed by atoms with Crippen LogP contribution in [-0.2, 0) is 0 Å². The van der Waals surface area contributed by atoms with E-state index in [1.54, 1.807) is 0 Å². The Morgan fingerprint density at radius 1 is 0.316 bits per heavy atom. The van der Waals surface area contributed by atoms with Gasteiger partial charge < -0.3 is 0 Å². The molecule has 2 heteroatoms.